The van der Waals surface area contributed by atoms with Crippen LogP contribution < -0.4 is 21.3 Å². The van der Waals surface area contributed by atoms with Crippen LogP contribution in [0.2, 0.25) is 0 Å². The van der Waals surface area contributed by atoms with Gasteiger partial charge in [0.1, 0.15) is 11.8 Å². The van der Waals surface area contributed by atoms with E-state index >= 15 is 0 Å². The van der Waals surface area contributed by atoms with Crippen molar-refractivity contribution in [3.63, 3.8) is 0 Å². The molecule has 9 nitrogen and oxygen atoms in total. The Morgan fingerprint density at radius 1 is 0.811 bits per heavy atom. The Labute approximate surface area is 225 Å². The molecule has 0 aromatic carbocycles. The third-order valence-electron chi connectivity index (χ3n) is 5.87. The van der Waals surface area contributed by atoms with Crippen molar-refractivity contribution in [1.29, 1.82) is 0 Å². The van der Waals surface area contributed by atoms with Gasteiger partial charge in [-0.3, -0.25) is 9.59 Å². The lowest BCUT2D eigenvalue weighted by atomic mass is 9.69. The molecule has 0 fully saturated rings. The minimum Gasteiger partial charge on any atom is -0.378 e. The van der Waals surface area contributed by atoms with Gasteiger partial charge in [-0.05, 0) is 36.6 Å². The highest BCUT2D eigenvalue weighted by Crippen LogP contribution is 2.38. The average molecular weight is 527 g/mol. The summed E-state index contributed by atoms with van der Waals surface area (Å²) in [5.74, 6) is -0.220. The number of hydrogen-bond donors (Lipinski definition) is 4. The Morgan fingerprint density at radius 2 is 1.43 bits per heavy atom. The molecule has 4 N–H and O–H groups in total. The number of ether oxygens (including phenoxy) is 2. The van der Waals surface area contributed by atoms with E-state index in [9.17, 15) is 14.4 Å². The molecule has 0 bridgehead atoms. The zero-order valence-electron chi connectivity index (χ0n) is 24.3. The average Bonchev–Trinajstić information content (AvgIpc) is 2.82. The van der Waals surface area contributed by atoms with Gasteiger partial charge in [0.05, 0.1) is 26.4 Å². The fourth-order valence-corrected chi connectivity index (χ4v) is 4.68. The summed E-state index contributed by atoms with van der Waals surface area (Å²) in [7, 11) is 0. The first-order valence-electron chi connectivity index (χ1n) is 13.7. The third kappa shape index (κ3) is 18.1. The highest BCUT2D eigenvalue weighted by molar-refractivity contribution is 5.83. The number of amides is 2. The molecule has 0 aliphatic heterocycles. The first-order chi connectivity index (χ1) is 17.4. The molecule has 216 valence electrons. The van der Waals surface area contributed by atoms with Gasteiger partial charge in [0.15, 0.2) is 0 Å². The van der Waals surface area contributed by atoms with Crippen LogP contribution in [0.3, 0.4) is 0 Å². The number of carbonyl (C=O) groups excluding carboxylic acids is 3. The Balaban J connectivity index is 4.85. The van der Waals surface area contributed by atoms with Crippen molar-refractivity contribution < 1.29 is 23.9 Å². The minimum atomic E-state index is -1.07. The van der Waals surface area contributed by atoms with Gasteiger partial charge in [-0.2, -0.15) is 0 Å². The van der Waals surface area contributed by atoms with E-state index in [4.69, 9.17) is 9.47 Å². The summed E-state index contributed by atoms with van der Waals surface area (Å²) in [4.78, 5) is 36.6. The third-order valence-corrected chi connectivity index (χ3v) is 5.87. The molecule has 2 amide bonds. The zero-order chi connectivity index (χ0) is 28.2. The van der Waals surface area contributed by atoms with Crippen LogP contribution in [0.1, 0.15) is 73.6 Å². The van der Waals surface area contributed by atoms with E-state index in [1.165, 1.54) is 6.08 Å². The molecule has 0 spiro atoms. The van der Waals surface area contributed by atoms with Crippen LogP contribution in [0.5, 0.6) is 0 Å². The Hall–Kier alpha value is -1.81. The molecule has 0 aromatic heterocycles. The van der Waals surface area contributed by atoms with Crippen LogP contribution in [0.15, 0.2) is 12.7 Å². The van der Waals surface area contributed by atoms with Crippen molar-refractivity contribution in [3.05, 3.63) is 12.7 Å². The second-order valence-corrected chi connectivity index (χ2v) is 11.3. The largest absolute Gasteiger partial charge is 0.378 e. The summed E-state index contributed by atoms with van der Waals surface area (Å²) in [6, 6.07) is 0. The predicted octanol–water partition coefficient (Wildman–Crippen LogP) is 2.60. The monoisotopic (exact) mass is 526 g/mol. The summed E-state index contributed by atoms with van der Waals surface area (Å²) in [5.41, 5.74) is -1.53. The predicted molar refractivity (Wildman–Crippen MR) is 150 cm³/mol. The van der Waals surface area contributed by atoms with Gasteiger partial charge in [-0.15, -0.1) is 6.58 Å². The summed E-state index contributed by atoms with van der Waals surface area (Å²) >= 11 is 0. The maximum absolute atomic E-state index is 12.5. The van der Waals surface area contributed by atoms with E-state index in [0.29, 0.717) is 58.9 Å². The lowest BCUT2D eigenvalue weighted by molar-refractivity contribution is -0.127. The molecular weight excluding hydrogens is 472 g/mol. The lowest BCUT2D eigenvalue weighted by Gasteiger charge is -2.41. The maximum atomic E-state index is 12.5. The molecule has 1 unspecified atom stereocenters. The van der Waals surface area contributed by atoms with Gasteiger partial charge >= 0.3 is 0 Å². The fourth-order valence-electron chi connectivity index (χ4n) is 4.68. The maximum Gasteiger partial charge on any atom is 0.224 e. The van der Waals surface area contributed by atoms with E-state index in [0.717, 1.165) is 32.2 Å². The number of carbonyl (C=O) groups is 3. The van der Waals surface area contributed by atoms with Gasteiger partial charge in [-0.25, -0.2) is 0 Å². The van der Waals surface area contributed by atoms with Crippen LogP contribution >= 0.6 is 0 Å². The summed E-state index contributed by atoms with van der Waals surface area (Å²) in [6.45, 7) is 21.4. The summed E-state index contributed by atoms with van der Waals surface area (Å²) < 4.78 is 11.1. The van der Waals surface area contributed by atoms with Crippen LogP contribution in [-0.4, -0.2) is 82.8 Å². The highest BCUT2D eigenvalue weighted by Gasteiger charge is 2.40. The van der Waals surface area contributed by atoms with E-state index in [1.807, 2.05) is 6.92 Å². The molecule has 0 rings (SSSR count). The highest BCUT2D eigenvalue weighted by atomic mass is 16.5. The molecule has 0 radical (unpaired) electrons. The second kappa shape index (κ2) is 19.3. The van der Waals surface area contributed by atoms with Gasteiger partial charge in [-0.1, -0.05) is 47.6 Å². The molecule has 0 aliphatic rings. The van der Waals surface area contributed by atoms with Crippen LogP contribution in [-0.2, 0) is 23.9 Å². The van der Waals surface area contributed by atoms with Gasteiger partial charge in [0, 0.05) is 39.0 Å². The van der Waals surface area contributed by atoms with Crippen molar-refractivity contribution in [3.8, 4) is 0 Å². The molecule has 1 atom stereocenters. The zero-order valence-corrected chi connectivity index (χ0v) is 24.3. The summed E-state index contributed by atoms with van der Waals surface area (Å²) in [5, 5.41) is 12.5. The summed E-state index contributed by atoms with van der Waals surface area (Å²) in [6.07, 6.45) is 5.27. The Morgan fingerprint density at radius 3 is 1.97 bits per heavy atom. The minimum absolute atomic E-state index is 0.0202. The molecule has 0 aliphatic carbocycles. The quantitative estimate of drug-likeness (QED) is 0.0867. The van der Waals surface area contributed by atoms with Crippen LogP contribution in [0.25, 0.3) is 0 Å². The SMILES string of the molecule is C=CCC(=O)NC(C=O)(CNCCOCCOCCNCCC)CC(C)(C)CC(C)(C)CNC(=O)CC. The Kier molecular flexibility index (Phi) is 18.3. The normalized spacial score (nSPS) is 13.6. The number of rotatable bonds is 24. The molecule has 37 heavy (non-hydrogen) atoms. The molecule has 0 heterocycles. The lowest BCUT2D eigenvalue weighted by Crippen LogP contribution is -2.58. The standard InChI is InChI=1S/C28H54N4O5/c1-8-11-25(35)32-28(23-33,20-26(4,5)19-27(6,7)21-31-24(34)10-3)22-30-14-16-37-18-17-36-15-13-29-12-9-2/h8,23,29-30H,1,9-22H2,2-7H3,(H,31,34)(H,32,35). The van der Waals surface area contributed by atoms with Crippen LogP contribution in [0.4, 0.5) is 0 Å². The van der Waals surface area contributed by atoms with E-state index in [2.05, 4.69) is 62.5 Å². The first-order valence-corrected chi connectivity index (χ1v) is 13.7. The van der Waals surface area contributed by atoms with Gasteiger partial charge in [0.2, 0.25) is 11.8 Å². The second-order valence-electron chi connectivity index (χ2n) is 11.3. The number of hydrogen-bond acceptors (Lipinski definition) is 7. The van der Waals surface area contributed by atoms with E-state index < -0.39 is 5.54 Å². The smallest absolute Gasteiger partial charge is 0.224 e. The van der Waals surface area contributed by atoms with E-state index in [1.54, 1.807) is 0 Å². The topological polar surface area (TPSA) is 118 Å². The molecule has 0 saturated carbocycles. The number of aldehydes is 1. The van der Waals surface area contributed by atoms with Gasteiger partial charge < -0.3 is 35.5 Å². The van der Waals surface area contributed by atoms with Crippen molar-refractivity contribution in [2.24, 2.45) is 10.8 Å². The molecule has 9 heteroatoms. The van der Waals surface area contributed by atoms with Crippen molar-refractivity contribution in [1.82, 2.24) is 21.3 Å². The van der Waals surface area contributed by atoms with Crippen LogP contribution in [0, 0.1) is 10.8 Å². The van der Waals surface area contributed by atoms with E-state index in [-0.39, 0.29) is 29.1 Å². The first kappa shape index (κ1) is 35.2. The van der Waals surface area contributed by atoms with Crippen molar-refractivity contribution in [2.45, 2.75) is 79.2 Å². The van der Waals surface area contributed by atoms with Gasteiger partial charge in [0.25, 0.3) is 0 Å². The Bertz CT molecular complexity index is 669. The molecular formula is C28H54N4O5. The molecule has 0 saturated heterocycles. The number of nitrogens with one attached hydrogen (secondary N) is 4. The molecule has 0 aromatic rings. The fraction of sp³-hybridized carbons (Fsp3) is 0.821. The van der Waals surface area contributed by atoms with Crippen molar-refractivity contribution >= 4 is 18.1 Å². The van der Waals surface area contributed by atoms with Crippen molar-refractivity contribution in [2.75, 3.05) is 59.2 Å².